The summed E-state index contributed by atoms with van der Waals surface area (Å²) in [6, 6.07) is 21.6. The number of carbonyl (C=O) groups is 1. The lowest BCUT2D eigenvalue weighted by Gasteiger charge is -2.24. The van der Waals surface area contributed by atoms with Crippen molar-refractivity contribution in [3.05, 3.63) is 78.4 Å². The van der Waals surface area contributed by atoms with Gasteiger partial charge in [0.25, 0.3) is 0 Å². The maximum absolute atomic E-state index is 11.7. The van der Waals surface area contributed by atoms with Crippen LogP contribution in [0.2, 0.25) is 0 Å². The molecule has 3 aromatic carbocycles. The van der Waals surface area contributed by atoms with Gasteiger partial charge < -0.3 is 16.2 Å². The second-order valence-corrected chi connectivity index (χ2v) is 10.7. The molecular formula is C27H32N4O4S. The lowest BCUT2D eigenvalue weighted by atomic mass is 9.95. The minimum atomic E-state index is -3.32. The van der Waals surface area contributed by atoms with Crippen molar-refractivity contribution in [2.24, 2.45) is 5.73 Å². The van der Waals surface area contributed by atoms with Gasteiger partial charge in [-0.15, -0.1) is 0 Å². The van der Waals surface area contributed by atoms with Crippen molar-refractivity contribution in [2.45, 2.75) is 43.0 Å². The Morgan fingerprint density at radius 2 is 1.61 bits per heavy atom. The van der Waals surface area contributed by atoms with E-state index in [4.69, 9.17) is 16.2 Å². The smallest absolute Gasteiger partial charge is 0.409 e. The first-order chi connectivity index (χ1) is 17.1. The highest BCUT2D eigenvalue weighted by Crippen LogP contribution is 2.28. The number of benzene rings is 3. The van der Waals surface area contributed by atoms with E-state index in [9.17, 15) is 13.2 Å². The number of hydrogen-bond acceptors (Lipinski definition) is 5. The molecule has 8 nitrogen and oxygen atoms in total. The fourth-order valence-corrected chi connectivity index (χ4v) is 5.06. The third kappa shape index (κ3) is 7.84. The Hall–Kier alpha value is -3.85. The highest BCUT2D eigenvalue weighted by atomic mass is 32.2. The van der Waals surface area contributed by atoms with Gasteiger partial charge in [-0.3, -0.25) is 10.7 Å². The lowest BCUT2D eigenvalue weighted by Crippen LogP contribution is -2.22. The highest BCUT2D eigenvalue weighted by molar-refractivity contribution is 7.90. The van der Waals surface area contributed by atoms with Gasteiger partial charge in [-0.2, -0.15) is 0 Å². The van der Waals surface area contributed by atoms with Gasteiger partial charge in [0.05, 0.1) is 4.90 Å². The zero-order valence-corrected chi connectivity index (χ0v) is 21.0. The van der Waals surface area contributed by atoms with Crippen LogP contribution in [0.15, 0.2) is 77.7 Å². The molecule has 4 rings (SSSR count). The topological polar surface area (TPSA) is 145 Å². The molecule has 1 fully saturated rings. The average Bonchev–Trinajstić information content (AvgIpc) is 2.85. The van der Waals surface area contributed by atoms with Crippen LogP contribution in [0.1, 0.15) is 37.7 Å². The Kier molecular flexibility index (Phi) is 9.08. The fraction of sp³-hybridized carbons (Fsp3) is 0.259. The van der Waals surface area contributed by atoms with E-state index in [-0.39, 0.29) is 10.7 Å². The number of amides is 1. The van der Waals surface area contributed by atoms with E-state index in [2.05, 4.69) is 10.6 Å². The second-order valence-electron chi connectivity index (χ2n) is 8.75. The summed E-state index contributed by atoms with van der Waals surface area (Å²) in [5, 5.41) is 21.8. The summed E-state index contributed by atoms with van der Waals surface area (Å²) >= 11 is 0. The van der Waals surface area contributed by atoms with E-state index in [0.717, 1.165) is 17.5 Å². The molecule has 1 amide bonds. The zero-order chi connectivity index (χ0) is 26.1. The Labute approximate surface area is 212 Å². The van der Waals surface area contributed by atoms with E-state index < -0.39 is 15.9 Å². The van der Waals surface area contributed by atoms with Crippen LogP contribution in [-0.4, -0.2) is 37.8 Å². The van der Waals surface area contributed by atoms with Gasteiger partial charge in [0.15, 0.2) is 9.84 Å². The number of hydrogen-bond donors (Lipinski definition) is 5. The molecule has 0 spiro atoms. The quantitative estimate of drug-likeness (QED) is 0.218. The van der Waals surface area contributed by atoms with Crippen molar-refractivity contribution in [1.82, 2.24) is 0 Å². The fourth-order valence-electron chi connectivity index (χ4n) is 4.14. The van der Waals surface area contributed by atoms with Gasteiger partial charge in [-0.25, -0.2) is 13.2 Å². The normalized spacial score (nSPS) is 13.7. The van der Waals surface area contributed by atoms with Crippen LogP contribution in [0.25, 0.3) is 11.1 Å². The van der Waals surface area contributed by atoms with E-state index in [1.165, 1.54) is 32.1 Å². The zero-order valence-electron chi connectivity index (χ0n) is 20.2. The number of nitrogen functional groups attached to an aromatic ring is 1. The standard InChI is InChI=1S/C14H13NO4S.C13H19N3/c1-20(18,19)13-5-3-2-4-12(13)10-6-8-11(9-7-10)15-14(16)17;14-13(15)10-5-4-8-12(9-10)16-11-6-2-1-3-7-11/h2-9,15H,1H3,(H,16,17);4-5,8-9,11,16H,1-3,6-7H2,(H3,14,15). The van der Waals surface area contributed by atoms with Crippen LogP contribution in [-0.2, 0) is 9.84 Å². The summed E-state index contributed by atoms with van der Waals surface area (Å²) in [5.74, 6) is 0.132. The minimum Gasteiger partial charge on any atom is -0.465 e. The van der Waals surface area contributed by atoms with Crippen LogP contribution in [0, 0.1) is 5.41 Å². The van der Waals surface area contributed by atoms with Crippen LogP contribution < -0.4 is 16.4 Å². The number of sulfone groups is 1. The molecule has 9 heteroatoms. The number of carboxylic acid groups (broad SMARTS) is 1. The molecule has 0 aliphatic heterocycles. The van der Waals surface area contributed by atoms with E-state index >= 15 is 0 Å². The van der Waals surface area contributed by atoms with Gasteiger partial charge in [0.2, 0.25) is 0 Å². The Morgan fingerprint density at radius 1 is 0.944 bits per heavy atom. The summed E-state index contributed by atoms with van der Waals surface area (Å²) in [6.07, 6.45) is 6.54. The first-order valence-corrected chi connectivity index (χ1v) is 13.6. The molecule has 36 heavy (non-hydrogen) atoms. The summed E-state index contributed by atoms with van der Waals surface area (Å²) in [4.78, 5) is 10.8. The number of rotatable bonds is 6. The monoisotopic (exact) mass is 508 g/mol. The van der Waals surface area contributed by atoms with E-state index in [0.29, 0.717) is 22.9 Å². The molecule has 1 aliphatic rings. The number of amidine groups is 1. The van der Waals surface area contributed by atoms with E-state index in [1.807, 2.05) is 24.3 Å². The third-order valence-electron chi connectivity index (χ3n) is 5.88. The predicted molar refractivity (Wildman–Crippen MR) is 145 cm³/mol. The van der Waals surface area contributed by atoms with Gasteiger partial charge in [-0.1, -0.05) is 61.7 Å². The lowest BCUT2D eigenvalue weighted by molar-refractivity contribution is 0.209. The molecule has 1 saturated carbocycles. The molecule has 0 unspecified atom stereocenters. The highest BCUT2D eigenvalue weighted by Gasteiger charge is 2.14. The molecule has 0 atom stereocenters. The minimum absolute atomic E-state index is 0.132. The van der Waals surface area contributed by atoms with Crippen LogP contribution in [0.5, 0.6) is 0 Å². The Balaban J connectivity index is 0.000000205. The first kappa shape index (κ1) is 26.7. The maximum atomic E-state index is 11.7. The molecule has 0 aromatic heterocycles. The molecule has 1 aliphatic carbocycles. The van der Waals surface area contributed by atoms with Crippen molar-refractivity contribution in [2.75, 3.05) is 16.9 Å². The Morgan fingerprint density at radius 3 is 2.22 bits per heavy atom. The summed E-state index contributed by atoms with van der Waals surface area (Å²) in [5.41, 5.74) is 9.08. The number of nitrogens with two attached hydrogens (primary N) is 1. The van der Waals surface area contributed by atoms with Crippen LogP contribution >= 0.6 is 0 Å². The molecule has 3 aromatic rings. The van der Waals surface area contributed by atoms with Crippen LogP contribution in [0.3, 0.4) is 0 Å². The van der Waals surface area contributed by atoms with Crippen molar-refractivity contribution >= 4 is 33.1 Å². The van der Waals surface area contributed by atoms with Crippen LogP contribution in [0.4, 0.5) is 16.2 Å². The van der Waals surface area contributed by atoms with Crippen molar-refractivity contribution in [3.8, 4) is 11.1 Å². The molecular weight excluding hydrogens is 476 g/mol. The molecule has 0 radical (unpaired) electrons. The third-order valence-corrected chi connectivity index (χ3v) is 7.04. The van der Waals surface area contributed by atoms with E-state index in [1.54, 1.807) is 48.5 Å². The van der Waals surface area contributed by atoms with Gasteiger partial charge in [0, 0.05) is 34.8 Å². The summed E-state index contributed by atoms with van der Waals surface area (Å²) < 4.78 is 23.5. The largest absolute Gasteiger partial charge is 0.465 e. The summed E-state index contributed by atoms with van der Waals surface area (Å²) in [6.45, 7) is 0. The molecule has 190 valence electrons. The molecule has 0 heterocycles. The second kappa shape index (κ2) is 12.2. The molecule has 0 bridgehead atoms. The first-order valence-electron chi connectivity index (χ1n) is 11.7. The average molecular weight is 509 g/mol. The SMILES string of the molecule is CS(=O)(=O)c1ccccc1-c1ccc(NC(=O)O)cc1.N=C(N)c1cccc(NC2CCCCC2)c1. The molecule has 6 N–H and O–H groups in total. The number of nitrogens with one attached hydrogen (secondary N) is 3. The number of anilines is 2. The van der Waals surface area contributed by atoms with Crippen molar-refractivity contribution in [1.29, 1.82) is 5.41 Å². The van der Waals surface area contributed by atoms with Gasteiger partial charge >= 0.3 is 6.09 Å². The Bertz CT molecular complexity index is 1300. The maximum Gasteiger partial charge on any atom is 0.409 e. The molecule has 0 saturated heterocycles. The van der Waals surface area contributed by atoms with Crippen molar-refractivity contribution < 1.29 is 18.3 Å². The predicted octanol–water partition coefficient (Wildman–Crippen LogP) is 5.56. The van der Waals surface area contributed by atoms with Gasteiger partial charge in [-0.05, 0) is 48.7 Å². The van der Waals surface area contributed by atoms with Crippen molar-refractivity contribution in [3.63, 3.8) is 0 Å². The van der Waals surface area contributed by atoms with Gasteiger partial charge in [0.1, 0.15) is 5.84 Å². The summed E-state index contributed by atoms with van der Waals surface area (Å²) in [7, 11) is -3.32.